The monoisotopic (exact) mass is 287 g/mol. The minimum Gasteiger partial charge on any atom is -0.480 e. The SMILES string of the molecule is CCC1C(=O)NC(=O)CN1C(=O)NCCOCC(=O)O. The summed E-state index contributed by atoms with van der Waals surface area (Å²) in [6, 6.07) is -1.24. The van der Waals surface area contributed by atoms with Gasteiger partial charge in [0.05, 0.1) is 6.61 Å². The maximum absolute atomic E-state index is 11.9. The molecule has 0 aliphatic carbocycles. The minimum absolute atomic E-state index is 0.0306. The molecule has 9 nitrogen and oxygen atoms in total. The fraction of sp³-hybridized carbons (Fsp3) is 0.636. The van der Waals surface area contributed by atoms with E-state index in [0.717, 1.165) is 4.90 Å². The molecule has 1 fully saturated rings. The van der Waals surface area contributed by atoms with Crippen LogP contribution < -0.4 is 10.6 Å². The van der Waals surface area contributed by atoms with Gasteiger partial charge in [-0.2, -0.15) is 0 Å². The largest absolute Gasteiger partial charge is 0.480 e. The first-order valence-corrected chi connectivity index (χ1v) is 6.13. The number of nitrogens with zero attached hydrogens (tertiary/aromatic N) is 1. The van der Waals surface area contributed by atoms with Crippen molar-refractivity contribution in [2.75, 3.05) is 26.3 Å². The second-order valence-electron chi connectivity index (χ2n) is 4.14. The number of carbonyl (C=O) groups excluding carboxylic acids is 3. The molecule has 1 heterocycles. The van der Waals surface area contributed by atoms with Gasteiger partial charge in [0.25, 0.3) is 0 Å². The Bertz CT molecular complexity index is 411. The number of hydrogen-bond acceptors (Lipinski definition) is 5. The number of amides is 4. The molecule has 20 heavy (non-hydrogen) atoms. The van der Waals surface area contributed by atoms with Gasteiger partial charge in [-0.25, -0.2) is 9.59 Å². The minimum atomic E-state index is -1.10. The highest BCUT2D eigenvalue weighted by molar-refractivity contribution is 6.04. The second kappa shape index (κ2) is 7.43. The first kappa shape index (κ1) is 15.9. The third-order valence-electron chi connectivity index (χ3n) is 2.65. The predicted molar refractivity (Wildman–Crippen MR) is 65.8 cm³/mol. The van der Waals surface area contributed by atoms with Crippen LogP contribution in [0.1, 0.15) is 13.3 Å². The van der Waals surface area contributed by atoms with Gasteiger partial charge in [0.2, 0.25) is 11.8 Å². The zero-order chi connectivity index (χ0) is 15.1. The molecule has 0 saturated carbocycles. The summed E-state index contributed by atoms with van der Waals surface area (Å²) in [5, 5.41) is 13.0. The maximum atomic E-state index is 11.9. The van der Waals surface area contributed by atoms with Gasteiger partial charge in [0.1, 0.15) is 19.2 Å². The van der Waals surface area contributed by atoms with Crippen molar-refractivity contribution in [3.63, 3.8) is 0 Å². The predicted octanol–water partition coefficient (Wildman–Crippen LogP) is -1.47. The summed E-state index contributed by atoms with van der Waals surface area (Å²) in [5.74, 6) is -2.13. The summed E-state index contributed by atoms with van der Waals surface area (Å²) in [6.07, 6.45) is 0.391. The van der Waals surface area contributed by atoms with Crippen LogP contribution in [0.4, 0.5) is 4.79 Å². The van der Waals surface area contributed by atoms with Crippen LogP contribution in [0, 0.1) is 0 Å². The van der Waals surface area contributed by atoms with Crippen molar-refractivity contribution in [2.45, 2.75) is 19.4 Å². The fourth-order valence-corrected chi connectivity index (χ4v) is 1.78. The van der Waals surface area contributed by atoms with Crippen LogP contribution in [0.5, 0.6) is 0 Å². The zero-order valence-electron chi connectivity index (χ0n) is 11.0. The molecule has 0 aromatic carbocycles. The molecule has 0 spiro atoms. The lowest BCUT2D eigenvalue weighted by molar-refractivity contribution is -0.142. The Balaban J connectivity index is 2.42. The van der Waals surface area contributed by atoms with E-state index in [4.69, 9.17) is 9.84 Å². The molecule has 3 N–H and O–H groups in total. The first-order valence-electron chi connectivity index (χ1n) is 6.13. The Kier molecular flexibility index (Phi) is 5.91. The van der Waals surface area contributed by atoms with E-state index in [1.165, 1.54) is 0 Å². The third-order valence-corrected chi connectivity index (χ3v) is 2.65. The van der Waals surface area contributed by atoms with Crippen molar-refractivity contribution in [1.29, 1.82) is 0 Å². The van der Waals surface area contributed by atoms with Gasteiger partial charge in [0.15, 0.2) is 0 Å². The Hall–Kier alpha value is -2.16. The zero-order valence-corrected chi connectivity index (χ0v) is 11.0. The lowest BCUT2D eigenvalue weighted by Gasteiger charge is -2.33. The topological polar surface area (TPSA) is 125 Å². The molecular weight excluding hydrogens is 270 g/mol. The highest BCUT2D eigenvalue weighted by atomic mass is 16.5. The van der Waals surface area contributed by atoms with Crippen molar-refractivity contribution in [3.8, 4) is 0 Å². The number of carboxylic acid groups (broad SMARTS) is 1. The summed E-state index contributed by atoms with van der Waals surface area (Å²) in [6.45, 7) is 1.22. The molecule has 1 aliphatic rings. The number of hydrogen-bond donors (Lipinski definition) is 3. The molecular formula is C11H17N3O6. The van der Waals surface area contributed by atoms with E-state index in [1.54, 1.807) is 6.92 Å². The second-order valence-corrected chi connectivity index (χ2v) is 4.14. The summed E-state index contributed by atoms with van der Waals surface area (Å²) < 4.78 is 4.75. The number of nitrogens with one attached hydrogen (secondary N) is 2. The van der Waals surface area contributed by atoms with Gasteiger partial charge in [-0.3, -0.25) is 14.9 Å². The Morgan fingerprint density at radius 1 is 1.50 bits per heavy atom. The lowest BCUT2D eigenvalue weighted by Crippen LogP contribution is -2.61. The number of urea groups is 1. The van der Waals surface area contributed by atoms with E-state index in [0.29, 0.717) is 6.42 Å². The van der Waals surface area contributed by atoms with E-state index >= 15 is 0 Å². The molecule has 0 bridgehead atoms. The molecule has 0 aromatic heterocycles. The number of piperazine rings is 1. The average Bonchev–Trinajstić information content (AvgIpc) is 2.36. The van der Waals surface area contributed by atoms with Crippen molar-refractivity contribution in [2.24, 2.45) is 0 Å². The molecule has 1 aliphatic heterocycles. The normalized spacial score (nSPS) is 18.6. The van der Waals surface area contributed by atoms with Crippen LogP contribution >= 0.6 is 0 Å². The van der Waals surface area contributed by atoms with Crippen LogP contribution in [-0.4, -0.2) is 66.2 Å². The molecule has 9 heteroatoms. The van der Waals surface area contributed by atoms with Crippen LogP contribution in [0.2, 0.25) is 0 Å². The molecule has 1 atom stereocenters. The highest BCUT2D eigenvalue weighted by Crippen LogP contribution is 2.08. The number of imide groups is 1. The Morgan fingerprint density at radius 2 is 2.20 bits per heavy atom. The van der Waals surface area contributed by atoms with E-state index in [1.807, 2.05) is 0 Å². The summed E-state index contributed by atoms with van der Waals surface area (Å²) >= 11 is 0. The van der Waals surface area contributed by atoms with Crippen molar-refractivity contribution >= 4 is 23.8 Å². The fourth-order valence-electron chi connectivity index (χ4n) is 1.78. The summed E-state index contributed by atoms with van der Waals surface area (Å²) in [7, 11) is 0. The quantitative estimate of drug-likeness (QED) is 0.405. The van der Waals surface area contributed by atoms with E-state index in [2.05, 4.69) is 10.6 Å². The van der Waals surface area contributed by atoms with Crippen molar-refractivity contribution < 1.29 is 29.0 Å². The van der Waals surface area contributed by atoms with E-state index in [9.17, 15) is 19.2 Å². The Morgan fingerprint density at radius 3 is 2.80 bits per heavy atom. The van der Waals surface area contributed by atoms with Crippen LogP contribution in [-0.2, 0) is 19.1 Å². The standard InChI is InChI=1S/C11H17N3O6/c1-2-7-10(18)13-8(15)5-14(7)11(19)12-3-4-20-6-9(16)17/h7H,2-6H2,1H3,(H,12,19)(H,16,17)(H,13,15,18). The number of carboxylic acids is 1. The number of aliphatic carboxylic acids is 1. The molecule has 4 amide bonds. The number of ether oxygens (including phenoxy) is 1. The van der Waals surface area contributed by atoms with Crippen molar-refractivity contribution in [3.05, 3.63) is 0 Å². The van der Waals surface area contributed by atoms with Gasteiger partial charge in [-0.05, 0) is 6.42 Å². The summed E-state index contributed by atoms with van der Waals surface area (Å²) in [4.78, 5) is 46.0. The number of rotatable bonds is 6. The smallest absolute Gasteiger partial charge is 0.329 e. The first-order chi connectivity index (χ1) is 9.45. The van der Waals surface area contributed by atoms with Gasteiger partial charge in [0, 0.05) is 6.54 Å². The molecule has 1 unspecified atom stereocenters. The maximum Gasteiger partial charge on any atom is 0.329 e. The van der Waals surface area contributed by atoms with Gasteiger partial charge >= 0.3 is 12.0 Å². The average molecular weight is 287 g/mol. The Labute approximate surface area is 115 Å². The van der Waals surface area contributed by atoms with Crippen LogP contribution in [0.3, 0.4) is 0 Å². The van der Waals surface area contributed by atoms with Gasteiger partial charge in [-0.15, -0.1) is 0 Å². The van der Waals surface area contributed by atoms with E-state index < -0.39 is 36.5 Å². The summed E-state index contributed by atoms with van der Waals surface area (Å²) in [5.41, 5.74) is 0. The lowest BCUT2D eigenvalue weighted by atomic mass is 10.1. The van der Waals surface area contributed by atoms with Crippen molar-refractivity contribution in [1.82, 2.24) is 15.5 Å². The third kappa shape index (κ3) is 4.50. The highest BCUT2D eigenvalue weighted by Gasteiger charge is 2.35. The van der Waals surface area contributed by atoms with Crippen LogP contribution in [0.15, 0.2) is 0 Å². The molecule has 0 radical (unpaired) electrons. The van der Waals surface area contributed by atoms with Gasteiger partial charge < -0.3 is 20.1 Å². The molecule has 0 aromatic rings. The molecule has 112 valence electrons. The van der Waals surface area contributed by atoms with Gasteiger partial charge in [-0.1, -0.05) is 6.92 Å². The molecule has 1 rings (SSSR count). The molecule has 1 saturated heterocycles. The van der Waals surface area contributed by atoms with Crippen LogP contribution in [0.25, 0.3) is 0 Å². The number of carbonyl (C=O) groups is 4. The van der Waals surface area contributed by atoms with E-state index in [-0.39, 0.29) is 19.7 Å².